The molecule has 0 aromatic carbocycles. The van der Waals surface area contributed by atoms with Crippen LogP contribution in [0.25, 0.3) is 0 Å². The summed E-state index contributed by atoms with van der Waals surface area (Å²) in [5.74, 6) is 0. The molecule has 0 aliphatic heterocycles. The maximum absolute atomic E-state index is 8.75. The van der Waals surface area contributed by atoms with Crippen molar-refractivity contribution >= 4 is 16.6 Å². The van der Waals surface area contributed by atoms with E-state index in [0.717, 1.165) is 38.5 Å². The first-order valence-corrected chi connectivity index (χ1v) is 9.78. The van der Waals surface area contributed by atoms with Gasteiger partial charge in [-0.1, -0.05) is 0 Å². The standard InChI is InChI=1S/C12H27O3P.HO2P/c13-7-1-4-10-16(11-5-2-8-14)12-6-3-9-15;1-3-2/h13-15H,1-12H2;(H,1,2)/p+1. The van der Waals surface area contributed by atoms with E-state index in [1.165, 1.54) is 18.5 Å². The largest absolute Gasteiger partial charge is 0.396 e. The van der Waals surface area contributed by atoms with Crippen LogP contribution >= 0.6 is 16.6 Å². The summed E-state index contributed by atoms with van der Waals surface area (Å²) < 4.78 is 8.46. The molecule has 0 atom stereocenters. The maximum atomic E-state index is 8.75. The van der Waals surface area contributed by atoms with Crippen LogP contribution in [0.3, 0.4) is 0 Å². The molecule has 0 rings (SSSR count). The third-order valence-corrected chi connectivity index (χ3v) is 6.00. The minimum Gasteiger partial charge on any atom is -0.396 e. The molecule has 0 aliphatic rings. The highest BCUT2D eigenvalue weighted by Gasteiger charge is 2.14. The van der Waals surface area contributed by atoms with E-state index in [-0.39, 0.29) is 7.92 Å². The van der Waals surface area contributed by atoms with Gasteiger partial charge in [0.2, 0.25) is 0 Å². The van der Waals surface area contributed by atoms with Crippen LogP contribution in [0.5, 0.6) is 0 Å². The predicted octanol–water partition coefficient (Wildman–Crippen LogP) is 1.70. The normalized spacial score (nSPS) is 10.6. The molecule has 0 bridgehead atoms. The van der Waals surface area contributed by atoms with E-state index in [4.69, 9.17) is 24.8 Å². The van der Waals surface area contributed by atoms with Gasteiger partial charge in [0.15, 0.2) is 0 Å². The van der Waals surface area contributed by atoms with Gasteiger partial charge in [0.1, 0.15) is 0 Å². The summed E-state index contributed by atoms with van der Waals surface area (Å²) in [7, 11) is -1.13. The van der Waals surface area contributed by atoms with Crippen molar-refractivity contribution in [3.05, 3.63) is 0 Å². The summed E-state index contributed by atoms with van der Waals surface area (Å²) in [6, 6.07) is 0. The van der Waals surface area contributed by atoms with Crippen molar-refractivity contribution in [2.45, 2.75) is 38.5 Å². The monoisotopic (exact) mass is 315 g/mol. The lowest BCUT2D eigenvalue weighted by atomic mass is 10.3. The molecule has 0 unspecified atom stereocenters. The Kier molecular flexibility index (Phi) is 23.6. The van der Waals surface area contributed by atoms with E-state index in [2.05, 4.69) is 0 Å². The molecule has 0 amide bonds. The first kappa shape index (κ1) is 21.7. The van der Waals surface area contributed by atoms with E-state index in [1.807, 2.05) is 0 Å². The average molecular weight is 315 g/mol. The molecule has 0 fully saturated rings. The fourth-order valence-electron chi connectivity index (χ4n) is 1.84. The summed E-state index contributed by atoms with van der Waals surface area (Å²) in [6.45, 7) is 0.924. The molecule has 0 aromatic rings. The number of aliphatic hydroxyl groups excluding tert-OH is 3. The van der Waals surface area contributed by atoms with Crippen molar-refractivity contribution in [2.24, 2.45) is 0 Å². The number of rotatable bonds is 12. The van der Waals surface area contributed by atoms with Crippen LogP contribution in [0.4, 0.5) is 0 Å². The number of hydrogen-bond acceptors (Lipinski definition) is 4. The van der Waals surface area contributed by atoms with E-state index in [0.29, 0.717) is 19.8 Å². The van der Waals surface area contributed by atoms with Crippen molar-refractivity contribution in [3.8, 4) is 0 Å². The van der Waals surface area contributed by atoms with Crippen LogP contribution in [0.2, 0.25) is 0 Å². The fourth-order valence-corrected chi connectivity index (χ4v) is 4.84. The molecule has 116 valence electrons. The fraction of sp³-hybridized carbons (Fsp3) is 1.00. The topological polar surface area (TPSA) is 98.0 Å². The zero-order valence-corrected chi connectivity index (χ0v) is 13.5. The molecule has 0 aliphatic carbocycles. The Hall–Kier alpha value is 0.370. The van der Waals surface area contributed by atoms with Crippen LogP contribution in [-0.2, 0) is 4.57 Å². The third kappa shape index (κ3) is 20.8. The van der Waals surface area contributed by atoms with Gasteiger partial charge in [0.25, 0.3) is 0 Å². The highest BCUT2D eigenvalue weighted by molar-refractivity contribution is 7.57. The zero-order chi connectivity index (χ0) is 14.8. The van der Waals surface area contributed by atoms with E-state index in [9.17, 15) is 0 Å². The minimum atomic E-state index is -0.833. The second kappa shape index (κ2) is 20.7. The Morgan fingerprint density at radius 2 is 0.947 bits per heavy atom. The number of hydrogen-bond donors (Lipinski definition) is 4. The van der Waals surface area contributed by atoms with Crippen LogP contribution in [0, 0.1) is 0 Å². The lowest BCUT2D eigenvalue weighted by molar-refractivity contribution is 0.286. The molecule has 0 saturated heterocycles. The molecule has 4 N–H and O–H groups in total. The molecule has 0 saturated carbocycles. The van der Waals surface area contributed by atoms with Gasteiger partial charge in [-0.15, -0.1) is 0 Å². The molecule has 5 nitrogen and oxygen atoms in total. The maximum Gasteiger partial charge on any atom is 0.324 e. The summed E-state index contributed by atoms with van der Waals surface area (Å²) in [6.07, 6.45) is 10.0. The molecule has 0 spiro atoms. The zero-order valence-electron chi connectivity index (χ0n) is 11.6. The highest BCUT2D eigenvalue weighted by Crippen LogP contribution is 2.38. The summed E-state index contributed by atoms with van der Waals surface area (Å²) in [5, 5.41) is 26.3. The molecular formula is C12H29O5P2+. The minimum absolute atomic E-state index is 0.295. The Bertz CT molecular complexity index is 148. The van der Waals surface area contributed by atoms with Crippen LogP contribution in [-0.4, -0.2) is 58.5 Å². The van der Waals surface area contributed by atoms with Gasteiger partial charge in [-0.25, -0.2) is 4.57 Å². The molecular weight excluding hydrogens is 286 g/mol. The second-order valence-corrected chi connectivity index (χ2v) is 7.54. The Labute approximate surface area is 119 Å². The van der Waals surface area contributed by atoms with Crippen LogP contribution in [0.1, 0.15) is 38.5 Å². The van der Waals surface area contributed by atoms with Crippen molar-refractivity contribution < 1.29 is 24.8 Å². The summed E-state index contributed by atoms with van der Waals surface area (Å²) in [5.41, 5.74) is 0. The summed E-state index contributed by atoms with van der Waals surface area (Å²) >= 11 is 0. The summed E-state index contributed by atoms with van der Waals surface area (Å²) in [4.78, 5) is 6.99. The highest BCUT2D eigenvalue weighted by atomic mass is 31.1. The van der Waals surface area contributed by atoms with Crippen LogP contribution in [0.15, 0.2) is 0 Å². The molecule has 19 heavy (non-hydrogen) atoms. The predicted molar refractivity (Wildman–Crippen MR) is 81.7 cm³/mol. The van der Waals surface area contributed by atoms with Crippen molar-refractivity contribution in [1.82, 2.24) is 0 Å². The van der Waals surface area contributed by atoms with Crippen molar-refractivity contribution in [3.63, 3.8) is 0 Å². The first-order chi connectivity index (χ1) is 9.26. The van der Waals surface area contributed by atoms with Gasteiger partial charge in [-0.3, -0.25) is 0 Å². The lowest BCUT2D eigenvalue weighted by Gasteiger charge is -2.10. The quantitative estimate of drug-likeness (QED) is 0.325. The molecule has 0 heterocycles. The lowest BCUT2D eigenvalue weighted by Crippen LogP contribution is -1.99. The average Bonchev–Trinajstić information content (AvgIpc) is 2.40. The van der Waals surface area contributed by atoms with Gasteiger partial charge in [0.05, 0.1) is 18.5 Å². The smallest absolute Gasteiger partial charge is 0.324 e. The van der Waals surface area contributed by atoms with E-state index < -0.39 is 8.69 Å². The van der Waals surface area contributed by atoms with Crippen LogP contribution < -0.4 is 0 Å². The SMILES string of the molecule is O=PO.OCCCC[PH+](CCCCO)CCCCO. The van der Waals surface area contributed by atoms with Gasteiger partial charge in [0, 0.05) is 27.7 Å². The Morgan fingerprint density at radius 3 is 1.16 bits per heavy atom. The van der Waals surface area contributed by atoms with Gasteiger partial charge >= 0.3 is 8.69 Å². The number of aliphatic hydroxyl groups is 3. The van der Waals surface area contributed by atoms with Gasteiger partial charge in [-0.05, 0) is 38.5 Å². The van der Waals surface area contributed by atoms with Gasteiger partial charge in [-0.2, -0.15) is 0 Å². The second-order valence-electron chi connectivity index (χ2n) is 4.37. The van der Waals surface area contributed by atoms with Gasteiger partial charge < -0.3 is 20.2 Å². The van der Waals surface area contributed by atoms with Crippen molar-refractivity contribution in [2.75, 3.05) is 38.3 Å². The Balaban J connectivity index is 0. The van der Waals surface area contributed by atoms with E-state index in [1.54, 1.807) is 0 Å². The van der Waals surface area contributed by atoms with E-state index >= 15 is 0 Å². The third-order valence-electron chi connectivity index (χ3n) is 2.82. The first-order valence-electron chi connectivity index (χ1n) is 6.89. The molecule has 0 radical (unpaired) electrons. The van der Waals surface area contributed by atoms with Crippen molar-refractivity contribution in [1.29, 1.82) is 0 Å². The Morgan fingerprint density at radius 1 is 0.684 bits per heavy atom. The molecule has 0 aromatic heterocycles. The number of unbranched alkanes of at least 4 members (excludes halogenated alkanes) is 3. The molecule has 7 heteroatoms.